The van der Waals surface area contributed by atoms with Gasteiger partial charge >= 0.3 is 17.1 Å². The van der Waals surface area contributed by atoms with Crippen molar-refractivity contribution in [1.82, 2.24) is 9.97 Å². The molecule has 2 aromatic rings. The predicted molar refractivity (Wildman–Crippen MR) is 71.7 cm³/mol. The maximum absolute atomic E-state index is 9.58. The number of carbonyl (C=O) groups excluding carboxylic acids is 2. The molecule has 0 saturated heterocycles. The molecule has 2 rings (SSSR count). The Bertz CT molecular complexity index is 545. The Hall–Kier alpha value is -2.32. The summed E-state index contributed by atoms with van der Waals surface area (Å²) in [6.45, 7) is 0. The summed E-state index contributed by atoms with van der Waals surface area (Å²) in [4.78, 5) is 27.5. The molecule has 0 aliphatic rings. The molecule has 127 valence electrons. The van der Waals surface area contributed by atoms with Gasteiger partial charge in [0.2, 0.25) is 0 Å². The summed E-state index contributed by atoms with van der Waals surface area (Å²) in [6.07, 6.45) is 0.645. The van der Waals surface area contributed by atoms with Crippen LogP contribution in [-0.2, 0) is 26.7 Å². The number of carboxylic acid groups (broad SMARTS) is 2. The largest absolute Gasteiger partial charge is 2.00 e. The summed E-state index contributed by atoms with van der Waals surface area (Å²) in [6, 6.07) is 11.6. The fourth-order valence-corrected chi connectivity index (χ4v) is 1.27. The van der Waals surface area contributed by atoms with E-state index in [1.54, 1.807) is 12.4 Å². The molecule has 2 heterocycles. The molecule has 0 unspecified atom stereocenters. The molecule has 0 spiro atoms. The van der Waals surface area contributed by atoms with Crippen molar-refractivity contribution in [3.05, 3.63) is 48.8 Å². The van der Waals surface area contributed by atoms with Crippen molar-refractivity contribution in [2.75, 3.05) is 0 Å². The predicted octanol–water partition coefficient (Wildman–Crippen LogP) is -2.45. The van der Waals surface area contributed by atoms with Crippen molar-refractivity contribution in [3.63, 3.8) is 0 Å². The number of rotatable bonds is 4. The van der Waals surface area contributed by atoms with Crippen LogP contribution in [0.1, 0.15) is 6.42 Å². The smallest absolute Gasteiger partial charge is 0.550 e. The Morgan fingerprint density at radius 1 is 1.00 bits per heavy atom. The van der Waals surface area contributed by atoms with Gasteiger partial charge in [0.15, 0.2) is 0 Å². The number of aliphatic carboxylic acids is 2. The van der Waals surface area contributed by atoms with E-state index in [4.69, 9.17) is 5.11 Å². The summed E-state index contributed by atoms with van der Waals surface area (Å²) in [7, 11) is 0. The van der Waals surface area contributed by atoms with Gasteiger partial charge in [0, 0.05) is 24.8 Å². The van der Waals surface area contributed by atoms with Crippen LogP contribution in [0.3, 0.4) is 0 Å². The van der Waals surface area contributed by atoms with Crippen molar-refractivity contribution in [2.45, 2.75) is 12.5 Å². The van der Waals surface area contributed by atoms with Gasteiger partial charge in [-0.15, -0.1) is 0 Å². The second-order valence-electron chi connectivity index (χ2n) is 3.84. The fourth-order valence-electron chi connectivity index (χ4n) is 1.27. The van der Waals surface area contributed by atoms with E-state index in [-0.39, 0.29) is 22.5 Å². The number of hydrogen-bond donors (Lipinski definition) is 1. The molecular weight excluding hydrogens is 356 g/mol. The summed E-state index contributed by atoms with van der Waals surface area (Å²) < 4.78 is 0. The van der Waals surface area contributed by atoms with Crippen molar-refractivity contribution < 1.29 is 47.5 Å². The topological polar surface area (TPSA) is 158 Å². The molecule has 23 heavy (non-hydrogen) atoms. The molecule has 3 N–H and O–H groups in total. The van der Waals surface area contributed by atoms with Gasteiger partial charge in [-0.1, -0.05) is 12.1 Å². The normalized spacial score (nSPS) is 9.96. The van der Waals surface area contributed by atoms with Crippen LogP contribution < -0.4 is 10.2 Å². The molecule has 1 radical (unpaired) electrons. The Labute approximate surface area is 142 Å². The summed E-state index contributed by atoms with van der Waals surface area (Å²) in [5.74, 6) is -3.43. The number of carboxylic acids is 2. The average Bonchev–Trinajstić information content (AvgIpc) is 2.49. The SMILES string of the molecule is O.O=C([O-])C[C@H](O)C(=O)[O-].[Cu+2].c1ccc(-c2ccccn2)nc1. The van der Waals surface area contributed by atoms with Crippen molar-refractivity contribution in [1.29, 1.82) is 0 Å². The molecule has 0 amide bonds. The molecule has 0 aromatic carbocycles. The van der Waals surface area contributed by atoms with Crippen molar-refractivity contribution in [3.8, 4) is 11.4 Å². The quantitative estimate of drug-likeness (QED) is 0.586. The van der Waals surface area contributed by atoms with Crippen LogP contribution in [0.4, 0.5) is 0 Å². The molecule has 0 aliphatic heterocycles. The van der Waals surface area contributed by atoms with Gasteiger partial charge < -0.3 is 30.4 Å². The zero-order valence-electron chi connectivity index (χ0n) is 11.7. The number of pyridine rings is 2. The Kier molecular flexibility index (Phi) is 12.2. The van der Waals surface area contributed by atoms with E-state index in [1.165, 1.54) is 0 Å². The fraction of sp³-hybridized carbons (Fsp3) is 0.143. The van der Waals surface area contributed by atoms with Gasteiger partial charge in [0.05, 0.1) is 23.5 Å². The first-order valence-electron chi connectivity index (χ1n) is 5.92. The van der Waals surface area contributed by atoms with Crippen molar-refractivity contribution in [2.24, 2.45) is 0 Å². The number of aliphatic hydroxyl groups excluding tert-OH is 1. The van der Waals surface area contributed by atoms with Crippen LogP contribution in [-0.4, -0.2) is 38.6 Å². The van der Waals surface area contributed by atoms with E-state index in [0.717, 1.165) is 11.4 Å². The van der Waals surface area contributed by atoms with Gasteiger partial charge in [-0.05, 0) is 24.3 Å². The van der Waals surface area contributed by atoms with Gasteiger partial charge in [0.1, 0.15) is 0 Å². The van der Waals surface area contributed by atoms with Crippen LogP contribution in [0.2, 0.25) is 0 Å². The molecule has 2 aromatic heterocycles. The maximum atomic E-state index is 9.58. The van der Waals surface area contributed by atoms with E-state index < -0.39 is 24.5 Å². The Morgan fingerprint density at radius 3 is 1.65 bits per heavy atom. The second kappa shape index (κ2) is 12.2. The van der Waals surface area contributed by atoms with E-state index in [0.29, 0.717) is 0 Å². The van der Waals surface area contributed by atoms with E-state index in [9.17, 15) is 19.8 Å². The number of hydrogen-bond acceptors (Lipinski definition) is 7. The molecule has 0 fully saturated rings. The number of aliphatic hydroxyl groups is 1. The Balaban J connectivity index is 0. The molecule has 8 nitrogen and oxygen atoms in total. The number of aromatic nitrogens is 2. The minimum atomic E-state index is -1.96. The standard InChI is InChI=1S/C10H8N2.C4H6O5.Cu.H2O/c1-3-7-11-9(5-1)10-6-2-4-8-12-10;5-2(4(8)9)1-3(6)7;;/h1-8H;2,5H,1H2,(H,6,7)(H,8,9);;1H2/q;;+2;/p-2/t;2-;;/m.0../s1. The van der Waals surface area contributed by atoms with E-state index >= 15 is 0 Å². The van der Waals surface area contributed by atoms with Gasteiger partial charge in [-0.25, -0.2) is 0 Å². The number of nitrogens with zero attached hydrogens (tertiary/aromatic N) is 2. The van der Waals surface area contributed by atoms with Crippen molar-refractivity contribution >= 4 is 11.9 Å². The zero-order valence-corrected chi connectivity index (χ0v) is 12.6. The van der Waals surface area contributed by atoms with Gasteiger partial charge in [0.25, 0.3) is 0 Å². The molecule has 1 atom stereocenters. The average molecular weight is 370 g/mol. The van der Waals surface area contributed by atoms with Crippen LogP contribution >= 0.6 is 0 Å². The van der Waals surface area contributed by atoms with Gasteiger partial charge in [-0.2, -0.15) is 0 Å². The third-order valence-corrected chi connectivity index (χ3v) is 2.22. The third kappa shape index (κ3) is 9.33. The van der Waals surface area contributed by atoms with Crippen LogP contribution in [0.5, 0.6) is 0 Å². The monoisotopic (exact) mass is 369 g/mol. The molecule has 0 saturated carbocycles. The second-order valence-corrected chi connectivity index (χ2v) is 3.84. The minimum Gasteiger partial charge on any atom is -0.550 e. The summed E-state index contributed by atoms with van der Waals surface area (Å²) >= 11 is 0. The molecule has 0 bridgehead atoms. The molecule has 0 aliphatic carbocycles. The van der Waals surface area contributed by atoms with E-state index in [1.807, 2.05) is 36.4 Å². The number of carbonyl (C=O) groups is 2. The first kappa shape index (κ1) is 23.0. The van der Waals surface area contributed by atoms with Crippen LogP contribution in [0.25, 0.3) is 11.4 Å². The van der Waals surface area contributed by atoms with Crippen LogP contribution in [0, 0.1) is 0 Å². The molecule has 9 heteroatoms. The van der Waals surface area contributed by atoms with Gasteiger partial charge in [-0.3, -0.25) is 9.97 Å². The first-order valence-corrected chi connectivity index (χ1v) is 5.92. The van der Waals surface area contributed by atoms with Crippen LogP contribution in [0.15, 0.2) is 48.8 Å². The maximum Gasteiger partial charge on any atom is 2.00 e. The summed E-state index contributed by atoms with van der Waals surface area (Å²) in [5.41, 5.74) is 1.83. The zero-order chi connectivity index (χ0) is 15.7. The molecular formula is C14H14CuN2O6. The first-order chi connectivity index (χ1) is 10.0. The third-order valence-electron chi connectivity index (χ3n) is 2.22. The summed E-state index contributed by atoms with van der Waals surface area (Å²) in [5, 5.41) is 27.3. The van der Waals surface area contributed by atoms with E-state index in [2.05, 4.69) is 9.97 Å². The Morgan fingerprint density at radius 2 is 1.43 bits per heavy atom. The minimum absolute atomic E-state index is 0.